The molecule has 27 heavy (non-hydrogen) atoms. The molecule has 4 rings (SSSR count). The van der Waals surface area contributed by atoms with E-state index in [1.807, 2.05) is 13.0 Å². The maximum atomic E-state index is 12.5. The van der Waals surface area contributed by atoms with Crippen molar-refractivity contribution in [2.45, 2.75) is 32.7 Å². The number of aromatic nitrogens is 4. The molecule has 1 aromatic carbocycles. The van der Waals surface area contributed by atoms with Gasteiger partial charge < -0.3 is 10.2 Å². The molecule has 8 heteroatoms. The van der Waals surface area contributed by atoms with Crippen molar-refractivity contribution in [1.82, 2.24) is 19.7 Å². The summed E-state index contributed by atoms with van der Waals surface area (Å²) in [7, 11) is 0. The van der Waals surface area contributed by atoms with Gasteiger partial charge in [0.2, 0.25) is 5.91 Å². The molecular weight excluding hydrogens is 364 g/mol. The van der Waals surface area contributed by atoms with Crippen molar-refractivity contribution in [3.8, 4) is 0 Å². The van der Waals surface area contributed by atoms with Gasteiger partial charge in [-0.2, -0.15) is 5.10 Å². The molecule has 0 unspecified atom stereocenters. The molecule has 0 atom stereocenters. The van der Waals surface area contributed by atoms with Gasteiger partial charge in [-0.3, -0.25) is 4.79 Å². The number of hydrogen-bond donors (Lipinski definition) is 1. The Labute approximate surface area is 162 Å². The maximum Gasteiger partial charge on any atom is 0.246 e. The van der Waals surface area contributed by atoms with E-state index >= 15 is 0 Å². The minimum absolute atomic E-state index is 0.0753. The van der Waals surface area contributed by atoms with Gasteiger partial charge >= 0.3 is 0 Å². The van der Waals surface area contributed by atoms with Gasteiger partial charge in [0, 0.05) is 23.8 Å². The number of amides is 1. The third kappa shape index (κ3) is 3.73. The van der Waals surface area contributed by atoms with E-state index in [1.54, 1.807) is 29.3 Å². The van der Waals surface area contributed by atoms with E-state index in [1.165, 1.54) is 19.3 Å². The van der Waals surface area contributed by atoms with Crippen LogP contribution in [0.4, 0.5) is 11.5 Å². The number of aryl methyl sites for hydroxylation is 1. The fourth-order valence-corrected chi connectivity index (χ4v) is 3.58. The lowest BCUT2D eigenvalue weighted by atomic mass is 10.1. The van der Waals surface area contributed by atoms with E-state index in [-0.39, 0.29) is 12.5 Å². The number of nitrogens with one attached hydrogen (secondary N) is 1. The number of benzene rings is 1. The molecule has 1 amide bonds. The topological polar surface area (TPSA) is 75.9 Å². The molecule has 1 aliphatic rings. The Morgan fingerprint density at radius 1 is 1.22 bits per heavy atom. The van der Waals surface area contributed by atoms with Gasteiger partial charge in [0.05, 0.1) is 11.6 Å². The molecule has 0 spiro atoms. The average Bonchev–Trinajstić information content (AvgIpc) is 3.08. The third-order valence-electron chi connectivity index (χ3n) is 4.84. The first-order chi connectivity index (χ1) is 13.1. The first-order valence-corrected chi connectivity index (χ1v) is 9.47. The molecule has 0 aliphatic carbocycles. The first-order valence-electron chi connectivity index (χ1n) is 9.09. The van der Waals surface area contributed by atoms with Gasteiger partial charge in [-0.05, 0) is 43.9 Å². The predicted octanol–water partition coefficient (Wildman–Crippen LogP) is 3.42. The lowest BCUT2D eigenvalue weighted by Gasteiger charge is -2.27. The summed E-state index contributed by atoms with van der Waals surface area (Å²) in [6, 6.07) is 5.42. The lowest BCUT2D eigenvalue weighted by molar-refractivity contribution is -0.116. The second kappa shape index (κ2) is 7.52. The van der Waals surface area contributed by atoms with Gasteiger partial charge in [-0.15, -0.1) is 0 Å². The van der Waals surface area contributed by atoms with Crippen LogP contribution in [-0.2, 0) is 11.3 Å². The van der Waals surface area contributed by atoms with E-state index < -0.39 is 0 Å². The van der Waals surface area contributed by atoms with Crippen molar-refractivity contribution in [2.24, 2.45) is 0 Å². The first kappa shape index (κ1) is 17.7. The number of anilines is 2. The van der Waals surface area contributed by atoms with Crippen LogP contribution in [-0.4, -0.2) is 38.7 Å². The fourth-order valence-electron chi connectivity index (χ4n) is 3.41. The molecular formula is C19H21ClN6O. The molecule has 7 nitrogen and oxygen atoms in total. The van der Waals surface area contributed by atoms with Crippen LogP contribution in [0.3, 0.4) is 0 Å². The minimum atomic E-state index is -0.177. The van der Waals surface area contributed by atoms with Crippen molar-refractivity contribution in [1.29, 1.82) is 0 Å². The SMILES string of the molecule is Cc1ccc(Cl)cc1NC(=O)Cn1ncc2c(N3CCCCC3)ncnc21. The van der Waals surface area contributed by atoms with Crippen LogP contribution >= 0.6 is 11.6 Å². The molecule has 140 valence electrons. The van der Waals surface area contributed by atoms with Crippen molar-refractivity contribution >= 4 is 40.0 Å². The molecule has 0 radical (unpaired) electrons. The second-order valence-electron chi connectivity index (χ2n) is 6.79. The highest BCUT2D eigenvalue weighted by Gasteiger charge is 2.18. The zero-order valence-electron chi connectivity index (χ0n) is 15.2. The summed E-state index contributed by atoms with van der Waals surface area (Å²) in [5.41, 5.74) is 2.32. The Kier molecular flexibility index (Phi) is 4.94. The number of piperidine rings is 1. The maximum absolute atomic E-state index is 12.5. The normalized spacial score (nSPS) is 14.5. The Hall–Kier alpha value is -2.67. The largest absolute Gasteiger partial charge is 0.356 e. The lowest BCUT2D eigenvalue weighted by Crippen LogP contribution is -2.30. The monoisotopic (exact) mass is 384 g/mol. The summed E-state index contributed by atoms with van der Waals surface area (Å²) in [6.07, 6.45) is 6.88. The summed E-state index contributed by atoms with van der Waals surface area (Å²) >= 11 is 6.02. The van der Waals surface area contributed by atoms with E-state index in [2.05, 4.69) is 25.3 Å². The Bertz CT molecular complexity index is 979. The summed E-state index contributed by atoms with van der Waals surface area (Å²) in [6.45, 7) is 3.98. The van der Waals surface area contributed by atoms with Gasteiger partial charge in [0.15, 0.2) is 5.65 Å². The highest BCUT2D eigenvalue weighted by Crippen LogP contribution is 2.25. The predicted molar refractivity (Wildman–Crippen MR) is 106 cm³/mol. The van der Waals surface area contributed by atoms with Crippen molar-refractivity contribution in [3.63, 3.8) is 0 Å². The van der Waals surface area contributed by atoms with Crippen molar-refractivity contribution in [2.75, 3.05) is 23.3 Å². The van der Waals surface area contributed by atoms with Crippen LogP contribution < -0.4 is 10.2 Å². The van der Waals surface area contributed by atoms with Crippen LogP contribution in [0, 0.1) is 6.92 Å². The smallest absolute Gasteiger partial charge is 0.246 e. The molecule has 1 N–H and O–H groups in total. The van der Waals surface area contributed by atoms with Crippen LogP contribution in [0.15, 0.2) is 30.7 Å². The molecule has 0 saturated carbocycles. The van der Waals surface area contributed by atoms with Crippen LogP contribution in [0.5, 0.6) is 0 Å². The van der Waals surface area contributed by atoms with Crippen molar-refractivity contribution < 1.29 is 4.79 Å². The molecule has 3 aromatic rings. The molecule has 1 aliphatic heterocycles. The van der Waals surface area contributed by atoms with Gasteiger partial charge in [0.25, 0.3) is 0 Å². The number of nitrogens with zero attached hydrogens (tertiary/aromatic N) is 5. The van der Waals surface area contributed by atoms with E-state index in [4.69, 9.17) is 11.6 Å². The number of rotatable bonds is 4. The van der Waals surface area contributed by atoms with Gasteiger partial charge in [-0.1, -0.05) is 17.7 Å². The van der Waals surface area contributed by atoms with Gasteiger partial charge in [0.1, 0.15) is 18.7 Å². The van der Waals surface area contributed by atoms with Crippen LogP contribution in [0.25, 0.3) is 11.0 Å². The standard InChI is InChI=1S/C19H21ClN6O/c1-13-5-6-14(20)9-16(13)24-17(27)11-26-19-15(10-23-26)18(21-12-22-19)25-7-3-2-4-8-25/h5-6,9-10,12H,2-4,7-8,11H2,1H3,(H,24,27). The average molecular weight is 385 g/mol. The molecule has 1 saturated heterocycles. The van der Waals surface area contributed by atoms with E-state index in [9.17, 15) is 4.79 Å². The third-order valence-corrected chi connectivity index (χ3v) is 5.07. The fraction of sp³-hybridized carbons (Fsp3) is 0.368. The highest BCUT2D eigenvalue weighted by atomic mass is 35.5. The molecule has 3 heterocycles. The van der Waals surface area contributed by atoms with Crippen LogP contribution in [0.2, 0.25) is 5.02 Å². The number of carbonyl (C=O) groups is 1. The number of halogens is 1. The summed E-state index contributed by atoms with van der Waals surface area (Å²) < 4.78 is 1.61. The minimum Gasteiger partial charge on any atom is -0.356 e. The molecule has 0 bridgehead atoms. The number of fused-ring (bicyclic) bond motifs is 1. The Balaban J connectivity index is 1.55. The second-order valence-corrected chi connectivity index (χ2v) is 7.23. The molecule has 2 aromatic heterocycles. The van der Waals surface area contributed by atoms with Crippen molar-refractivity contribution in [3.05, 3.63) is 41.3 Å². The number of carbonyl (C=O) groups excluding carboxylic acids is 1. The zero-order chi connectivity index (χ0) is 18.8. The molecule has 1 fully saturated rings. The summed E-state index contributed by atoms with van der Waals surface area (Å²) in [5, 5.41) is 8.73. The number of hydrogen-bond acceptors (Lipinski definition) is 5. The van der Waals surface area contributed by atoms with Crippen LogP contribution in [0.1, 0.15) is 24.8 Å². The van der Waals surface area contributed by atoms with E-state index in [0.29, 0.717) is 16.4 Å². The quantitative estimate of drug-likeness (QED) is 0.745. The summed E-state index contributed by atoms with van der Waals surface area (Å²) in [5.74, 6) is 0.723. The Morgan fingerprint density at radius 2 is 2.04 bits per heavy atom. The Morgan fingerprint density at radius 3 is 2.85 bits per heavy atom. The van der Waals surface area contributed by atoms with Gasteiger partial charge in [-0.25, -0.2) is 14.6 Å². The van der Waals surface area contributed by atoms with E-state index in [0.717, 1.165) is 29.9 Å². The zero-order valence-corrected chi connectivity index (χ0v) is 15.9. The highest BCUT2D eigenvalue weighted by molar-refractivity contribution is 6.31. The summed E-state index contributed by atoms with van der Waals surface area (Å²) in [4.78, 5) is 23.6.